The van der Waals surface area contributed by atoms with Crippen LogP contribution in [0.2, 0.25) is 5.28 Å². The lowest BCUT2D eigenvalue weighted by Crippen LogP contribution is -2.12. The average Bonchev–Trinajstić information content (AvgIpc) is 2.60. The van der Waals surface area contributed by atoms with Crippen LogP contribution in [-0.4, -0.2) is 14.8 Å². The Morgan fingerprint density at radius 1 is 1.22 bits per heavy atom. The van der Waals surface area contributed by atoms with Crippen LogP contribution in [0.15, 0.2) is 24.3 Å². The molecule has 0 aliphatic heterocycles. The molecular formula is C11H9ClF3N3. The van der Waals surface area contributed by atoms with Gasteiger partial charge < -0.3 is 0 Å². The Labute approximate surface area is 106 Å². The lowest BCUT2D eigenvalue weighted by atomic mass is 10.1. The number of halogens is 4. The summed E-state index contributed by atoms with van der Waals surface area (Å²) >= 11 is 5.77. The maximum Gasteiger partial charge on any atom is 0.416 e. The molecule has 0 saturated carbocycles. The lowest BCUT2D eigenvalue weighted by Gasteiger charge is -2.13. The first kappa shape index (κ1) is 12.9. The Morgan fingerprint density at radius 3 is 2.44 bits per heavy atom. The van der Waals surface area contributed by atoms with Crippen molar-refractivity contribution in [3.8, 4) is 0 Å². The van der Waals surface area contributed by atoms with E-state index in [2.05, 4.69) is 10.2 Å². The number of rotatable bonds is 2. The van der Waals surface area contributed by atoms with Gasteiger partial charge in [-0.05, 0) is 30.2 Å². The van der Waals surface area contributed by atoms with E-state index in [0.717, 1.165) is 6.07 Å². The molecule has 0 spiro atoms. The molecule has 1 aromatic carbocycles. The molecule has 0 saturated heterocycles. The van der Waals surface area contributed by atoms with Gasteiger partial charge in [-0.25, -0.2) is 0 Å². The van der Waals surface area contributed by atoms with Gasteiger partial charge in [0.15, 0.2) is 0 Å². The van der Waals surface area contributed by atoms with Gasteiger partial charge in [-0.3, -0.25) is 4.57 Å². The Morgan fingerprint density at radius 2 is 1.89 bits per heavy atom. The molecule has 3 nitrogen and oxygen atoms in total. The molecule has 0 radical (unpaired) electrons. The van der Waals surface area contributed by atoms with Crippen molar-refractivity contribution < 1.29 is 13.2 Å². The molecule has 0 unspecified atom stereocenters. The Balaban J connectivity index is 2.42. The highest BCUT2D eigenvalue weighted by molar-refractivity contribution is 6.28. The summed E-state index contributed by atoms with van der Waals surface area (Å²) in [5.41, 5.74) is -0.538. The van der Waals surface area contributed by atoms with Crippen LogP contribution in [0.1, 0.15) is 17.0 Å². The van der Waals surface area contributed by atoms with Crippen LogP contribution in [0.3, 0.4) is 0 Å². The molecule has 2 aromatic rings. The molecule has 0 N–H and O–H groups in total. The minimum Gasteiger partial charge on any atom is -0.297 e. The third-order valence-electron chi connectivity index (χ3n) is 2.54. The highest BCUT2D eigenvalue weighted by atomic mass is 35.5. The standard InChI is InChI=1S/C11H9ClF3N3/c1-7-16-17-10(12)18(7)6-8-4-2-3-5-9(8)11(13,14)15/h2-5H,6H2,1H3. The van der Waals surface area contributed by atoms with E-state index in [1.54, 1.807) is 13.0 Å². The van der Waals surface area contributed by atoms with Crippen LogP contribution in [0.4, 0.5) is 13.2 Å². The third kappa shape index (κ3) is 2.48. The second kappa shape index (κ2) is 4.61. The first-order valence-electron chi connectivity index (χ1n) is 5.10. The van der Waals surface area contributed by atoms with Gasteiger partial charge in [-0.15, -0.1) is 10.2 Å². The van der Waals surface area contributed by atoms with Crippen LogP contribution < -0.4 is 0 Å². The molecule has 18 heavy (non-hydrogen) atoms. The van der Waals surface area contributed by atoms with Crippen molar-refractivity contribution >= 4 is 11.6 Å². The Kier molecular flexibility index (Phi) is 3.30. The molecule has 0 bridgehead atoms. The van der Waals surface area contributed by atoms with E-state index in [-0.39, 0.29) is 17.4 Å². The second-order valence-electron chi connectivity index (χ2n) is 3.76. The summed E-state index contributed by atoms with van der Waals surface area (Å²) in [5, 5.41) is 7.38. The number of aromatic nitrogens is 3. The first-order valence-corrected chi connectivity index (χ1v) is 5.48. The van der Waals surface area contributed by atoms with Gasteiger partial charge in [0.2, 0.25) is 5.28 Å². The fraction of sp³-hybridized carbons (Fsp3) is 0.273. The predicted molar refractivity (Wildman–Crippen MR) is 60.3 cm³/mol. The van der Waals surface area contributed by atoms with Crippen molar-refractivity contribution in [1.29, 1.82) is 0 Å². The van der Waals surface area contributed by atoms with Gasteiger partial charge in [0.05, 0.1) is 12.1 Å². The molecular weight excluding hydrogens is 267 g/mol. The van der Waals surface area contributed by atoms with Crippen LogP contribution in [0, 0.1) is 6.92 Å². The van der Waals surface area contributed by atoms with Gasteiger partial charge in [-0.2, -0.15) is 13.2 Å². The van der Waals surface area contributed by atoms with E-state index in [1.165, 1.54) is 16.7 Å². The Bertz CT molecular complexity index is 543. The van der Waals surface area contributed by atoms with Crippen LogP contribution in [0.25, 0.3) is 0 Å². The quantitative estimate of drug-likeness (QED) is 0.842. The number of benzene rings is 1. The monoisotopic (exact) mass is 275 g/mol. The summed E-state index contributed by atoms with van der Waals surface area (Å²) in [6.45, 7) is 1.63. The molecule has 0 fully saturated rings. The summed E-state index contributed by atoms with van der Waals surface area (Å²) in [6.07, 6.45) is -4.38. The second-order valence-corrected chi connectivity index (χ2v) is 4.10. The number of aryl methyl sites for hydroxylation is 1. The SMILES string of the molecule is Cc1nnc(Cl)n1Cc1ccccc1C(F)(F)F. The minimum absolute atomic E-state index is 0.00660. The third-order valence-corrected chi connectivity index (χ3v) is 2.82. The zero-order valence-corrected chi connectivity index (χ0v) is 10.1. The van der Waals surface area contributed by atoms with E-state index in [0.29, 0.717) is 5.82 Å². The minimum atomic E-state index is -4.38. The fourth-order valence-electron chi connectivity index (χ4n) is 1.64. The van der Waals surface area contributed by atoms with E-state index >= 15 is 0 Å². The van der Waals surface area contributed by atoms with Crippen molar-refractivity contribution in [2.45, 2.75) is 19.6 Å². The van der Waals surface area contributed by atoms with Crippen LogP contribution >= 0.6 is 11.6 Å². The number of nitrogens with zero attached hydrogens (tertiary/aromatic N) is 3. The number of hydrogen-bond donors (Lipinski definition) is 0. The summed E-state index contributed by atoms with van der Waals surface area (Å²) < 4.78 is 39.8. The summed E-state index contributed by atoms with van der Waals surface area (Å²) in [4.78, 5) is 0. The van der Waals surface area contributed by atoms with Crippen molar-refractivity contribution in [3.63, 3.8) is 0 Å². The van der Waals surface area contributed by atoms with Gasteiger partial charge in [0, 0.05) is 0 Å². The highest BCUT2D eigenvalue weighted by Crippen LogP contribution is 2.32. The normalized spacial score (nSPS) is 11.8. The van der Waals surface area contributed by atoms with Gasteiger partial charge >= 0.3 is 6.18 Å². The Hall–Kier alpha value is -1.56. The van der Waals surface area contributed by atoms with E-state index in [1.807, 2.05) is 0 Å². The molecule has 1 aromatic heterocycles. The fourth-order valence-corrected chi connectivity index (χ4v) is 1.86. The summed E-state index contributed by atoms with van der Waals surface area (Å²) in [5.74, 6) is 0.469. The smallest absolute Gasteiger partial charge is 0.297 e. The van der Waals surface area contributed by atoms with Crippen molar-refractivity contribution in [3.05, 3.63) is 46.5 Å². The average molecular weight is 276 g/mol. The molecule has 7 heteroatoms. The van der Waals surface area contributed by atoms with E-state index in [4.69, 9.17) is 11.6 Å². The zero-order valence-electron chi connectivity index (χ0n) is 9.37. The van der Waals surface area contributed by atoms with Gasteiger partial charge in [0.1, 0.15) is 5.82 Å². The molecule has 2 rings (SSSR count). The van der Waals surface area contributed by atoms with Crippen molar-refractivity contribution in [2.24, 2.45) is 0 Å². The maximum atomic E-state index is 12.8. The van der Waals surface area contributed by atoms with Gasteiger partial charge in [-0.1, -0.05) is 18.2 Å². The number of hydrogen-bond acceptors (Lipinski definition) is 2. The first-order chi connectivity index (χ1) is 8.39. The van der Waals surface area contributed by atoms with E-state index in [9.17, 15) is 13.2 Å². The highest BCUT2D eigenvalue weighted by Gasteiger charge is 2.33. The molecule has 0 aliphatic carbocycles. The molecule has 0 atom stereocenters. The molecule has 0 amide bonds. The molecule has 1 heterocycles. The topological polar surface area (TPSA) is 30.7 Å². The maximum absolute atomic E-state index is 12.8. The number of alkyl halides is 3. The van der Waals surface area contributed by atoms with Crippen molar-refractivity contribution in [2.75, 3.05) is 0 Å². The largest absolute Gasteiger partial charge is 0.416 e. The zero-order chi connectivity index (χ0) is 13.3. The van der Waals surface area contributed by atoms with Crippen LogP contribution in [-0.2, 0) is 12.7 Å². The lowest BCUT2D eigenvalue weighted by molar-refractivity contribution is -0.138. The van der Waals surface area contributed by atoms with E-state index < -0.39 is 11.7 Å². The van der Waals surface area contributed by atoms with Crippen molar-refractivity contribution in [1.82, 2.24) is 14.8 Å². The summed E-state index contributed by atoms with van der Waals surface area (Å²) in [6, 6.07) is 5.37. The van der Waals surface area contributed by atoms with Crippen LogP contribution in [0.5, 0.6) is 0 Å². The predicted octanol–water partition coefficient (Wildman–Crippen LogP) is 3.31. The molecule has 96 valence electrons. The van der Waals surface area contributed by atoms with Gasteiger partial charge in [0.25, 0.3) is 0 Å². The summed E-state index contributed by atoms with van der Waals surface area (Å²) in [7, 11) is 0. The molecule has 0 aliphatic rings.